The van der Waals surface area contributed by atoms with E-state index in [2.05, 4.69) is 6.92 Å². The van der Waals surface area contributed by atoms with Crippen LogP contribution in [-0.2, 0) is 0 Å². The third-order valence-electron chi connectivity index (χ3n) is 1.69. The van der Waals surface area contributed by atoms with Crippen molar-refractivity contribution in [3.63, 3.8) is 0 Å². The molecule has 1 aliphatic rings. The van der Waals surface area contributed by atoms with Gasteiger partial charge < -0.3 is 5.11 Å². The van der Waals surface area contributed by atoms with Crippen molar-refractivity contribution >= 4 is 0 Å². The monoisotopic (exact) mass is 101 g/mol. The average Bonchev–Trinajstić information content (AvgIpc) is 1.87. The Morgan fingerprint density at radius 3 is 2.29 bits per heavy atom. The molecule has 0 saturated heterocycles. The fourth-order valence-corrected chi connectivity index (χ4v) is 1.21. The maximum absolute atomic E-state index is 7.26. The van der Waals surface area contributed by atoms with E-state index in [0.717, 1.165) is 18.8 Å². The predicted octanol–water partition coefficient (Wildman–Crippen LogP) is 0.900. The van der Waals surface area contributed by atoms with Gasteiger partial charge in [0.05, 0.1) is 0 Å². The minimum absolute atomic E-state index is 0.273. The molecule has 0 amide bonds. The van der Waals surface area contributed by atoms with Crippen molar-refractivity contribution in [2.24, 2.45) is 5.92 Å². The second-order valence-corrected chi connectivity index (χ2v) is 2.62. The van der Waals surface area contributed by atoms with E-state index in [1.807, 2.05) is 0 Å². The Bertz CT molecular complexity index is 53.2. The van der Waals surface area contributed by atoms with Gasteiger partial charge in [-0.1, -0.05) is 6.92 Å². The van der Waals surface area contributed by atoms with E-state index in [9.17, 15) is 0 Å². The maximum atomic E-state index is 7.26. The molecule has 0 aromatic heterocycles. The zero-order valence-corrected chi connectivity index (χ0v) is 4.78. The minimum atomic E-state index is 0.273. The Hall–Kier alpha value is -0.0400. The van der Waals surface area contributed by atoms with Crippen LogP contribution in [0.3, 0.4) is 0 Å². The average molecular weight is 101 g/mol. The molecule has 1 fully saturated rings. The smallest absolute Gasteiger partial charge is 0.153 e. The first kappa shape index (κ1) is 5.10. The summed E-state index contributed by atoms with van der Waals surface area (Å²) in [4.78, 5) is 0. The van der Waals surface area contributed by atoms with E-state index in [4.69, 9.17) is 5.11 Å². The molecule has 1 rings (SSSR count). The summed E-state index contributed by atoms with van der Waals surface area (Å²) in [7, 11) is 0. The highest BCUT2D eigenvalue weighted by molar-refractivity contribution is 4.70. The normalized spacial score (nSPS) is 42.0. The highest BCUT2D eigenvalue weighted by Gasteiger charge is 2.21. The van der Waals surface area contributed by atoms with Crippen molar-refractivity contribution in [1.29, 1.82) is 0 Å². The van der Waals surface area contributed by atoms with Crippen LogP contribution >= 0.6 is 0 Å². The van der Waals surface area contributed by atoms with Crippen molar-refractivity contribution in [2.45, 2.75) is 32.3 Å². The molecule has 1 heteroatoms. The molecular weight excluding hydrogens is 88.1 g/mol. The van der Waals surface area contributed by atoms with Crippen LogP contribution in [-0.4, -0.2) is 11.2 Å². The molecular formula is C6H13O+. The summed E-state index contributed by atoms with van der Waals surface area (Å²) >= 11 is 0. The molecule has 1 nitrogen and oxygen atoms in total. The molecule has 0 aromatic rings. The Balaban J connectivity index is 2.26. The number of hydrogen-bond acceptors (Lipinski definition) is 0. The molecule has 0 radical (unpaired) electrons. The van der Waals surface area contributed by atoms with Gasteiger partial charge in [-0.15, -0.1) is 0 Å². The Labute approximate surface area is 44.4 Å². The lowest BCUT2D eigenvalue weighted by Gasteiger charge is -1.92. The summed E-state index contributed by atoms with van der Waals surface area (Å²) in [6.45, 7) is 2.23. The molecule has 0 spiro atoms. The van der Waals surface area contributed by atoms with Gasteiger partial charge in [0.15, 0.2) is 6.10 Å². The molecule has 7 heavy (non-hydrogen) atoms. The topological polar surface area (TPSA) is 22.9 Å². The molecule has 2 N–H and O–H groups in total. The van der Waals surface area contributed by atoms with E-state index >= 15 is 0 Å². The van der Waals surface area contributed by atoms with Crippen molar-refractivity contribution in [3.8, 4) is 0 Å². The third-order valence-corrected chi connectivity index (χ3v) is 1.69. The van der Waals surface area contributed by atoms with E-state index in [1.165, 1.54) is 6.42 Å². The van der Waals surface area contributed by atoms with Gasteiger partial charge in [-0.2, -0.15) is 0 Å². The van der Waals surface area contributed by atoms with Crippen molar-refractivity contribution in [2.75, 3.05) is 0 Å². The molecule has 0 bridgehead atoms. The molecule has 1 aliphatic carbocycles. The zero-order valence-electron chi connectivity index (χ0n) is 4.78. The number of hydrogen-bond donors (Lipinski definition) is 0. The third kappa shape index (κ3) is 1.16. The first-order chi connectivity index (χ1) is 3.29. The van der Waals surface area contributed by atoms with E-state index < -0.39 is 0 Å². The van der Waals surface area contributed by atoms with Crippen LogP contribution in [0.2, 0.25) is 0 Å². The standard InChI is InChI=1S/C6H12O/c1-5-2-3-6(7)4-5/h5-7H,2-4H2,1H3/p+1. The van der Waals surface area contributed by atoms with E-state index in [0.29, 0.717) is 0 Å². The lowest BCUT2D eigenvalue weighted by Crippen LogP contribution is -1.97. The van der Waals surface area contributed by atoms with Crippen molar-refractivity contribution in [1.82, 2.24) is 0 Å². The van der Waals surface area contributed by atoms with Crippen molar-refractivity contribution in [3.05, 3.63) is 0 Å². The lowest BCUT2D eigenvalue weighted by atomic mass is 10.1. The van der Waals surface area contributed by atoms with Crippen LogP contribution in [0.25, 0.3) is 0 Å². The van der Waals surface area contributed by atoms with Gasteiger partial charge in [-0.25, -0.2) is 0 Å². The molecule has 42 valence electrons. The van der Waals surface area contributed by atoms with Crippen LogP contribution in [0.15, 0.2) is 0 Å². The molecule has 2 atom stereocenters. The zero-order chi connectivity index (χ0) is 5.28. The van der Waals surface area contributed by atoms with E-state index in [1.54, 1.807) is 0 Å². The predicted molar refractivity (Wildman–Crippen MR) is 30.4 cm³/mol. The highest BCUT2D eigenvalue weighted by Crippen LogP contribution is 2.23. The van der Waals surface area contributed by atoms with Crippen LogP contribution in [0.4, 0.5) is 0 Å². The van der Waals surface area contributed by atoms with Gasteiger partial charge in [0.1, 0.15) is 0 Å². The summed E-state index contributed by atoms with van der Waals surface area (Å²) in [6.07, 6.45) is 3.84. The highest BCUT2D eigenvalue weighted by atomic mass is 16.3. The van der Waals surface area contributed by atoms with Crippen LogP contribution < -0.4 is 0 Å². The summed E-state index contributed by atoms with van der Waals surface area (Å²) in [5.74, 6) is 0.836. The minimum Gasteiger partial charge on any atom is -0.443 e. The molecule has 2 unspecified atom stereocenters. The fourth-order valence-electron chi connectivity index (χ4n) is 1.21. The van der Waals surface area contributed by atoms with E-state index in [-0.39, 0.29) is 6.10 Å². The molecule has 0 aliphatic heterocycles. The van der Waals surface area contributed by atoms with Crippen LogP contribution in [0, 0.1) is 5.92 Å². The Morgan fingerprint density at radius 1 is 1.43 bits per heavy atom. The second kappa shape index (κ2) is 1.83. The first-order valence-corrected chi connectivity index (χ1v) is 3.00. The summed E-state index contributed by atoms with van der Waals surface area (Å²) in [6, 6.07) is 0. The van der Waals surface area contributed by atoms with Crippen LogP contribution in [0.1, 0.15) is 26.2 Å². The molecule has 0 heterocycles. The van der Waals surface area contributed by atoms with Gasteiger partial charge in [-0.3, -0.25) is 0 Å². The SMILES string of the molecule is CC1CCC([OH2+])C1. The molecule has 1 saturated carbocycles. The summed E-state index contributed by atoms with van der Waals surface area (Å²) < 4.78 is 0. The maximum Gasteiger partial charge on any atom is 0.153 e. The Kier molecular flexibility index (Phi) is 1.33. The van der Waals surface area contributed by atoms with Crippen LogP contribution in [0.5, 0.6) is 0 Å². The largest absolute Gasteiger partial charge is 0.443 e. The summed E-state index contributed by atoms with van der Waals surface area (Å²) in [5.41, 5.74) is 0. The van der Waals surface area contributed by atoms with Gasteiger partial charge in [0.2, 0.25) is 0 Å². The van der Waals surface area contributed by atoms with Crippen molar-refractivity contribution < 1.29 is 5.11 Å². The van der Waals surface area contributed by atoms with Gasteiger partial charge in [-0.05, 0) is 12.3 Å². The van der Waals surface area contributed by atoms with Gasteiger partial charge in [0.25, 0.3) is 0 Å². The van der Waals surface area contributed by atoms with Gasteiger partial charge in [0, 0.05) is 12.8 Å². The lowest BCUT2D eigenvalue weighted by molar-refractivity contribution is 0.179. The Morgan fingerprint density at radius 2 is 2.14 bits per heavy atom. The summed E-state index contributed by atoms with van der Waals surface area (Å²) in [5, 5.41) is 7.26. The fraction of sp³-hybridized carbons (Fsp3) is 1.00. The molecule has 0 aromatic carbocycles. The van der Waals surface area contributed by atoms with Gasteiger partial charge >= 0.3 is 0 Å². The first-order valence-electron chi connectivity index (χ1n) is 3.00. The second-order valence-electron chi connectivity index (χ2n) is 2.62. The number of rotatable bonds is 0. The quantitative estimate of drug-likeness (QED) is 0.405.